The molecule has 0 amide bonds. The van der Waals surface area contributed by atoms with E-state index in [2.05, 4.69) is 26.2 Å². The lowest BCUT2D eigenvalue weighted by molar-refractivity contribution is -0.384. The highest BCUT2D eigenvalue weighted by Crippen LogP contribution is 2.29. The highest BCUT2D eigenvalue weighted by Gasteiger charge is 2.10. The van der Waals surface area contributed by atoms with E-state index in [0.29, 0.717) is 16.6 Å². The fraction of sp³-hybridized carbons (Fsp3) is 0.364. The molecule has 7 nitrogen and oxygen atoms in total. The summed E-state index contributed by atoms with van der Waals surface area (Å²) in [7, 11) is 0. The van der Waals surface area contributed by atoms with E-state index in [-0.39, 0.29) is 5.69 Å². The molecule has 1 aromatic carbocycles. The lowest BCUT2D eigenvalue weighted by Crippen LogP contribution is -2.11. The SMILES string of the molecule is CCC(N=Nc1ccc([N+](=O)[O-])cc1Br)OC(C)=O. The van der Waals surface area contributed by atoms with Gasteiger partial charge in [0, 0.05) is 25.5 Å². The predicted octanol–water partition coefficient (Wildman–Crippen LogP) is 3.74. The van der Waals surface area contributed by atoms with Gasteiger partial charge in [0.1, 0.15) is 5.69 Å². The first-order chi connectivity index (χ1) is 8.93. The summed E-state index contributed by atoms with van der Waals surface area (Å²) in [6.07, 6.45) is -0.159. The van der Waals surface area contributed by atoms with Gasteiger partial charge in [0.15, 0.2) is 0 Å². The van der Waals surface area contributed by atoms with Gasteiger partial charge in [0.25, 0.3) is 5.69 Å². The smallest absolute Gasteiger partial charge is 0.304 e. The summed E-state index contributed by atoms with van der Waals surface area (Å²) in [6.45, 7) is 3.09. The molecule has 1 atom stereocenters. The molecule has 0 radical (unpaired) electrons. The van der Waals surface area contributed by atoms with E-state index in [0.717, 1.165) is 0 Å². The maximum absolute atomic E-state index is 10.8. The van der Waals surface area contributed by atoms with E-state index in [1.165, 1.54) is 25.1 Å². The summed E-state index contributed by atoms with van der Waals surface area (Å²) in [5.41, 5.74) is 0.383. The van der Waals surface area contributed by atoms with Gasteiger partial charge in [-0.15, -0.1) is 5.11 Å². The van der Waals surface area contributed by atoms with E-state index >= 15 is 0 Å². The number of hydrogen-bond acceptors (Lipinski definition) is 6. The van der Waals surface area contributed by atoms with Crippen molar-refractivity contribution in [1.82, 2.24) is 0 Å². The number of nitro groups is 1. The third kappa shape index (κ3) is 4.74. The Morgan fingerprint density at radius 2 is 2.26 bits per heavy atom. The average molecular weight is 330 g/mol. The van der Waals surface area contributed by atoms with Crippen LogP contribution in [-0.2, 0) is 9.53 Å². The van der Waals surface area contributed by atoms with Gasteiger partial charge < -0.3 is 4.74 Å². The average Bonchev–Trinajstić information content (AvgIpc) is 2.34. The number of halogens is 1. The predicted molar refractivity (Wildman–Crippen MR) is 71.2 cm³/mol. The topological polar surface area (TPSA) is 94.2 Å². The second kappa shape index (κ2) is 6.93. The Kier molecular flexibility index (Phi) is 5.56. The number of azo groups is 1. The quantitative estimate of drug-likeness (QED) is 0.356. The Labute approximate surface area is 117 Å². The molecule has 0 saturated carbocycles. The maximum Gasteiger partial charge on any atom is 0.304 e. The number of rotatable bonds is 5. The van der Waals surface area contributed by atoms with Crippen LogP contribution in [0.15, 0.2) is 32.9 Å². The number of carbonyl (C=O) groups excluding carboxylic acids is 1. The monoisotopic (exact) mass is 329 g/mol. The zero-order chi connectivity index (χ0) is 14.4. The third-order valence-corrected chi connectivity index (χ3v) is 2.72. The van der Waals surface area contributed by atoms with E-state index in [1.54, 1.807) is 6.92 Å². The van der Waals surface area contributed by atoms with Crippen LogP contribution in [0, 0.1) is 10.1 Å². The lowest BCUT2D eigenvalue weighted by atomic mass is 10.3. The fourth-order valence-electron chi connectivity index (χ4n) is 1.20. The van der Waals surface area contributed by atoms with Gasteiger partial charge in [0.05, 0.1) is 9.40 Å². The summed E-state index contributed by atoms with van der Waals surface area (Å²) < 4.78 is 5.35. The first-order valence-corrected chi connectivity index (χ1v) is 6.25. The molecule has 0 N–H and O–H groups in total. The van der Waals surface area contributed by atoms with E-state index < -0.39 is 17.1 Å². The molecule has 0 aliphatic heterocycles. The zero-order valence-electron chi connectivity index (χ0n) is 10.4. The lowest BCUT2D eigenvalue weighted by Gasteiger charge is -2.08. The van der Waals surface area contributed by atoms with Gasteiger partial charge >= 0.3 is 5.97 Å². The van der Waals surface area contributed by atoms with Crippen LogP contribution in [0.3, 0.4) is 0 Å². The molecular weight excluding hydrogens is 318 g/mol. The highest BCUT2D eigenvalue weighted by atomic mass is 79.9. The molecule has 0 aromatic heterocycles. The van der Waals surface area contributed by atoms with Crippen LogP contribution in [0.4, 0.5) is 11.4 Å². The number of nitro benzene ring substituents is 1. The van der Waals surface area contributed by atoms with Crippen molar-refractivity contribution in [2.24, 2.45) is 10.2 Å². The largest absolute Gasteiger partial charge is 0.438 e. The summed E-state index contributed by atoms with van der Waals surface area (Å²) in [4.78, 5) is 20.9. The van der Waals surface area contributed by atoms with Crippen LogP contribution in [0.25, 0.3) is 0 Å². The number of benzene rings is 1. The molecule has 1 unspecified atom stereocenters. The van der Waals surface area contributed by atoms with Gasteiger partial charge in [-0.05, 0) is 22.0 Å². The molecule has 8 heteroatoms. The van der Waals surface area contributed by atoms with Crippen molar-refractivity contribution in [3.8, 4) is 0 Å². The number of hydrogen-bond donors (Lipinski definition) is 0. The molecule has 0 saturated heterocycles. The molecule has 1 rings (SSSR count). The number of carbonyl (C=O) groups is 1. The van der Waals surface area contributed by atoms with Crippen molar-refractivity contribution in [2.45, 2.75) is 26.5 Å². The first-order valence-electron chi connectivity index (χ1n) is 5.46. The summed E-state index contributed by atoms with van der Waals surface area (Å²) in [5.74, 6) is -0.437. The van der Waals surface area contributed by atoms with Crippen molar-refractivity contribution in [3.05, 3.63) is 32.8 Å². The van der Waals surface area contributed by atoms with Crippen molar-refractivity contribution in [2.75, 3.05) is 0 Å². The Hall–Kier alpha value is -1.83. The van der Waals surface area contributed by atoms with Crippen molar-refractivity contribution >= 4 is 33.3 Å². The van der Waals surface area contributed by atoms with E-state index in [4.69, 9.17) is 4.74 Å². The van der Waals surface area contributed by atoms with E-state index in [1.807, 2.05) is 0 Å². The van der Waals surface area contributed by atoms with Gasteiger partial charge in [-0.25, -0.2) is 0 Å². The van der Waals surface area contributed by atoms with E-state index in [9.17, 15) is 14.9 Å². The summed E-state index contributed by atoms with van der Waals surface area (Å²) in [5, 5.41) is 18.4. The molecule has 0 bridgehead atoms. The Bertz CT molecular complexity index is 519. The molecule has 102 valence electrons. The maximum atomic E-state index is 10.8. The molecule has 19 heavy (non-hydrogen) atoms. The van der Waals surface area contributed by atoms with Crippen LogP contribution in [0.5, 0.6) is 0 Å². The first kappa shape index (κ1) is 15.2. The molecule has 0 aliphatic rings. The number of nitrogens with zero attached hydrogens (tertiary/aromatic N) is 3. The zero-order valence-corrected chi connectivity index (χ0v) is 12.0. The normalized spacial score (nSPS) is 12.4. The van der Waals surface area contributed by atoms with Gasteiger partial charge in [0.2, 0.25) is 6.23 Å². The number of non-ortho nitro benzene ring substituents is 1. The van der Waals surface area contributed by atoms with Crippen molar-refractivity contribution < 1.29 is 14.5 Å². The van der Waals surface area contributed by atoms with Crippen LogP contribution < -0.4 is 0 Å². The van der Waals surface area contributed by atoms with Crippen LogP contribution in [-0.4, -0.2) is 17.1 Å². The minimum absolute atomic E-state index is 0.0437. The van der Waals surface area contributed by atoms with Gasteiger partial charge in [-0.2, -0.15) is 5.11 Å². The Balaban J connectivity index is 2.86. The van der Waals surface area contributed by atoms with Gasteiger partial charge in [-0.3, -0.25) is 14.9 Å². The third-order valence-electron chi connectivity index (χ3n) is 2.09. The second-order valence-corrected chi connectivity index (χ2v) is 4.43. The summed E-state index contributed by atoms with van der Waals surface area (Å²) >= 11 is 3.17. The Morgan fingerprint density at radius 1 is 1.58 bits per heavy atom. The summed E-state index contributed by atoms with van der Waals surface area (Å²) in [6, 6.07) is 4.12. The fourth-order valence-corrected chi connectivity index (χ4v) is 1.64. The van der Waals surface area contributed by atoms with Gasteiger partial charge in [-0.1, -0.05) is 6.92 Å². The molecule has 1 aromatic rings. The van der Waals surface area contributed by atoms with Crippen molar-refractivity contribution in [3.63, 3.8) is 0 Å². The molecule has 0 fully saturated rings. The standard InChI is InChI=1S/C11H12BrN3O4/c1-3-11(19-7(2)16)14-13-10-5-4-8(15(17)18)6-9(10)12/h4-6,11H,3H2,1-2H3. The Morgan fingerprint density at radius 3 is 2.74 bits per heavy atom. The molecule has 0 heterocycles. The second-order valence-electron chi connectivity index (χ2n) is 3.58. The minimum Gasteiger partial charge on any atom is -0.438 e. The minimum atomic E-state index is -0.653. The number of esters is 1. The van der Waals surface area contributed by atoms with Crippen LogP contribution in [0.2, 0.25) is 0 Å². The highest BCUT2D eigenvalue weighted by molar-refractivity contribution is 9.10. The molecular formula is C11H12BrN3O4. The van der Waals surface area contributed by atoms with Crippen LogP contribution >= 0.6 is 15.9 Å². The molecule has 0 aliphatic carbocycles. The molecule has 0 spiro atoms. The number of ether oxygens (including phenoxy) is 1. The van der Waals surface area contributed by atoms with Crippen molar-refractivity contribution in [1.29, 1.82) is 0 Å². The van der Waals surface area contributed by atoms with Crippen LogP contribution in [0.1, 0.15) is 20.3 Å².